The van der Waals surface area contributed by atoms with Gasteiger partial charge in [-0.2, -0.15) is 0 Å². The first-order chi connectivity index (χ1) is 8.54. The van der Waals surface area contributed by atoms with E-state index in [0.717, 1.165) is 24.2 Å². The highest BCUT2D eigenvalue weighted by molar-refractivity contribution is 7.18. The Kier molecular flexibility index (Phi) is 3.72. The molecule has 8 heteroatoms. The van der Waals surface area contributed by atoms with Crippen LogP contribution < -0.4 is 10.2 Å². The Morgan fingerprint density at radius 1 is 1.61 bits per heavy atom. The van der Waals surface area contributed by atoms with E-state index in [-0.39, 0.29) is 22.0 Å². The minimum atomic E-state index is -1.10. The minimum Gasteiger partial charge on any atom is -0.477 e. The quantitative estimate of drug-likeness (QED) is 0.874. The molecule has 1 atom stereocenters. The lowest BCUT2D eigenvalue weighted by molar-refractivity contribution is -0.121. The summed E-state index contributed by atoms with van der Waals surface area (Å²) in [5.41, 5.74) is 0. The van der Waals surface area contributed by atoms with Crippen molar-refractivity contribution in [2.45, 2.75) is 18.9 Å². The first-order valence-corrected chi connectivity index (χ1v) is 6.62. The smallest absolute Gasteiger partial charge is 0.349 e. The lowest BCUT2D eigenvalue weighted by Crippen LogP contribution is -2.41. The van der Waals surface area contributed by atoms with E-state index in [2.05, 4.69) is 10.3 Å². The normalized spacial score (nSPS) is 19.0. The number of halogens is 1. The molecule has 0 bridgehead atoms. The van der Waals surface area contributed by atoms with Crippen molar-refractivity contribution in [3.05, 3.63) is 10.0 Å². The Bertz CT molecular complexity index is 491. The maximum Gasteiger partial charge on any atom is 0.349 e. The number of anilines is 1. The van der Waals surface area contributed by atoms with E-state index in [1.807, 2.05) is 4.90 Å². The molecule has 1 amide bonds. The molecule has 0 spiro atoms. The summed E-state index contributed by atoms with van der Waals surface area (Å²) in [5.74, 6) is -1.19. The maximum atomic E-state index is 11.7. The predicted molar refractivity (Wildman–Crippen MR) is 68.5 cm³/mol. The molecule has 2 N–H and O–H groups in total. The monoisotopic (exact) mass is 289 g/mol. The van der Waals surface area contributed by atoms with Crippen LogP contribution in [0.25, 0.3) is 0 Å². The Hall–Kier alpha value is -1.34. The Labute approximate surface area is 113 Å². The number of carbonyl (C=O) groups is 2. The largest absolute Gasteiger partial charge is 0.477 e. The third-order valence-corrected chi connectivity index (χ3v) is 4.28. The molecule has 1 aromatic rings. The van der Waals surface area contributed by atoms with Crippen LogP contribution in [-0.4, -0.2) is 41.6 Å². The second kappa shape index (κ2) is 5.11. The molecule has 1 aliphatic rings. The minimum absolute atomic E-state index is 0.00854. The average Bonchev–Trinajstić information content (AvgIpc) is 2.93. The highest BCUT2D eigenvalue weighted by Gasteiger charge is 2.33. The van der Waals surface area contributed by atoms with Gasteiger partial charge in [0.05, 0.1) is 0 Å². The van der Waals surface area contributed by atoms with Crippen molar-refractivity contribution in [1.82, 2.24) is 10.3 Å². The Morgan fingerprint density at radius 2 is 2.33 bits per heavy atom. The van der Waals surface area contributed by atoms with Gasteiger partial charge in [-0.3, -0.25) is 4.79 Å². The highest BCUT2D eigenvalue weighted by atomic mass is 35.5. The molecular weight excluding hydrogens is 278 g/mol. The first kappa shape index (κ1) is 13.1. The van der Waals surface area contributed by atoms with Crippen LogP contribution in [0, 0.1) is 0 Å². The van der Waals surface area contributed by atoms with Crippen molar-refractivity contribution in [2.24, 2.45) is 0 Å². The number of rotatable bonds is 3. The van der Waals surface area contributed by atoms with E-state index < -0.39 is 5.97 Å². The number of carboxylic acids is 1. The lowest BCUT2D eigenvalue weighted by atomic mass is 10.2. The molecular formula is C10H12ClN3O3S. The summed E-state index contributed by atoms with van der Waals surface area (Å²) < 4.78 is 0. The van der Waals surface area contributed by atoms with Crippen LogP contribution in [0.5, 0.6) is 0 Å². The van der Waals surface area contributed by atoms with Crippen LogP contribution in [0.3, 0.4) is 0 Å². The molecule has 2 heterocycles. The Morgan fingerprint density at radius 3 is 2.89 bits per heavy atom. The zero-order valence-corrected chi connectivity index (χ0v) is 11.2. The van der Waals surface area contributed by atoms with Crippen molar-refractivity contribution in [1.29, 1.82) is 0 Å². The van der Waals surface area contributed by atoms with Crippen LogP contribution in [0.15, 0.2) is 0 Å². The third-order valence-electron chi connectivity index (χ3n) is 2.82. The van der Waals surface area contributed by atoms with E-state index in [0.29, 0.717) is 11.7 Å². The number of amides is 1. The van der Waals surface area contributed by atoms with Gasteiger partial charge in [-0.25, -0.2) is 9.78 Å². The number of aromatic nitrogens is 1. The van der Waals surface area contributed by atoms with Crippen LogP contribution in [0.4, 0.5) is 5.13 Å². The molecule has 98 valence electrons. The SMILES string of the molecule is CNC(=O)C1CCCN1c1nc(Cl)c(C(=O)O)s1. The van der Waals surface area contributed by atoms with Gasteiger partial charge in [0.25, 0.3) is 0 Å². The molecule has 0 aliphatic carbocycles. The molecule has 1 aromatic heterocycles. The average molecular weight is 290 g/mol. The van der Waals surface area contributed by atoms with Gasteiger partial charge in [0.15, 0.2) is 15.2 Å². The van der Waals surface area contributed by atoms with Crippen molar-refractivity contribution in [3.8, 4) is 0 Å². The summed E-state index contributed by atoms with van der Waals surface area (Å²) >= 11 is 6.77. The molecule has 0 saturated carbocycles. The fourth-order valence-corrected chi connectivity index (χ4v) is 3.18. The van der Waals surface area contributed by atoms with Gasteiger partial charge in [0.1, 0.15) is 6.04 Å². The van der Waals surface area contributed by atoms with Crippen molar-refractivity contribution < 1.29 is 14.7 Å². The predicted octanol–water partition coefficient (Wildman–Crippen LogP) is 1.21. The topological polar surface area (TPSA) is 82.5 Å². The van der Waals surface area contributed by atoms with E-state index >= 15 is 0 Å². The number of aromatic carboxylic acids is 1. The van der Waals surface area contributed by atoms with Gasteiger partial charge >= 0.3 is 5.97 Å². The third kappa shape index (κ3) is 2.28. The molecule has 1 saturated heterocycles. The molecule has 1 fully saturated rings. The van der Waals surface area contributed by atoms with E-state index in [1.54, 1.807) is 7.05 Å². The molecule has 18 heavy (non-hydrogen) atoms. The summed E-state index contributed by atoms with van der Waals surface area (Å²) in [7, 11) is 1.58. The van der Waals surface area contributed by atoms with Crippen LogP contribution >= 0.6 is 22.9 Å². The lowest BCUT2D eigenvalue weighted by Gasteiger charge is -2.22. The number of thiazole rings is 1. The van der Waals surface area contributed by atoms with Gasteiger partial charge in [-0.15, -0.1) is 0 Å². The van der Waals surface area contributed by atoms with Gasteiger partial charge in [0, 0.05) is 13.6 Å². The number of nitrogens with one attached hydrogen (secondary N) is 1. The number of hydrogen-bond donors (Lipinski definition) is 2. The summed E-state index contributed by atoms with van der Waals surface area (Å²) in [6, 6.07) is -0.293. The van der Waals surface area contributed by atoms with Crippen LogP contribution in [-0.2, 0) is 4.79 Å². The standard InChI is InChI=1S/C10H12ClN3O3S/c1-12-8(15)5-3-2-4-14(5)10-13-7(11)6(18-10)9(16)17/h5H,2-4H2,1H3,(H,12,15)(H,16,17). The van der Waals surface area contributed by atoms with E-state index in [1.165, 1.54) is 0 Å². The maximum absolute atomic E-state index is 11.7. The van der Waals surface area contributed by atoms with Gasteiger partial charge in [-0.1, -0.05) is 22.9 Å². The zero-order valence-electron chi connectivity index (χ0n) is 9.64. The molecule has 1 unspecified atom stereocenters. The second-order valence-corrected chi connectivity index (χ2v) is 5.22. The number of hydrogen-bond acceptors (Lipinski definition) is 5. The van der Waals surface area contributed by atoms with Gasteiger partial charge in [0.2, 0.25) is 5.91 Å². The zero-order chi connectivity index (χ0) is 13.3. The first-order valence-electron chi connectivity index (χ1n) is 5.42. The summed E-state index contributed by atoms with van der Waals surface area (Å²) in [6.07, 6.45) is 1.61. The van der Waals surface area contributed by atoms with Crippen LogP contribution in [0.1, 0.15) is 22.5 Å². The molecule has 6 nitrogen and oxygen atoms in total. The number of carbonyl (C=O) groups excluding carboxylic acids is 1. The van der Waals surface area contributed by atoms with Crippen LogP contribution in [0.2, 0.25) is 5.15 Å². The second-order valence-electron chi connectivity index (χ2n) is 3.89. The van der Waals surface area contributed by atoms with Crippen molar-refractivity contribution in [3.63, 3.8) is 0 Å². The van der Waals surface area contributed by atoms with Crippen molar-refractivity contribution >= 4 is 39.9 Å². The summed E-state index contributed by atoms with van der Waals surface area (Å²) in [4.78, 5) is 28.5. The number of nitrogens with zero attached hydrogens (tertiary/aromatic N) is 2. The fraction of sp³-hybridized carbons (Fsp3) is 0.500. The van der Waals surface area contributed by atoms with Gasteiger partial charge < -0.3 is 15.3 Å². The summed E-state index contributed by atoms with van der Waals surface area (Å²) in [6.45, 7) is 0.682. The fourth-order valence-electron chi connectivity index (χ4n) is 1.98. The van der Waals surface area contributed by atoms with Gasteiger partial charge in [-0.05, 0) is 12.8 Å². The van der Waals surface area contributed by atoms with Crippen molar-refractivity contribution in [2.75, 3.05) is 18.5 Å². The highest BCUT2D eigenvalue weighted by Crippen LogP contribution is 2.33. The molecule has 0 radical (unpaired) electrons. The molecule has 1 aliphatic heterocycles. The molecule has 2 rings (SSSR count). The van der Waals surface area contributed by atoms with E-state index in [4.69, 9.17) is 16.7 Å². The molecule has 0 aromatic carbocycles. The summed E-state index contributed by atoms with van der Waals surface area (Å²) in [5, 5.41) is 12.0. The number of carboxylic acid groups (broad SMARTS) is 1. The number of likely N-dealkylation sites (N-methyl/N-ethyl adjacent to an activating group) is 1. The Balaban J connectivity index is 2.28. The van der Waals surface area contributed by atoms with E-state index in [9.17, 15) is 9.59 Å².